The molecule has 0 amide bonds. The molecule has 2 N–H and O–H groups in total. The lowest BCUT2D eigenvalue weighted by molar-refractivity contribution is 0.426. The highest BCUT2D eigenvalue weighted by atomic mass is 16.4. The molecule has 0 atom stereocenters. The molecule has 0 fully saturated rings. The molecule has 0 aromatic heterocycles. The molecule has 0 saturated carbocycles. The van der Waals surface area contributed by atoms with Gasteiger partial charge in [-0.3, -0.25) is 0 Å². The summed E-state index contributed by atoms with van der Waals surface area (Å²) in [5.41, 5.74) is 1.84. The van der Waals surface area contributed by atoms with Crippen LogP contribution in [0.25, 0.3) is 21.5 Å². The molecule has 0 saturated heterocycles. The number of benzene rings is 3. The van der Waals surface area contributed by atoms with E-state index in [4.69, 9.17) is 0 Å². The molecule has 3 aromatic rings. The van der Waals surface area contributed by atoms with Crippen LogP contribution in [0.15, 0.2) is 48.5 Å². The summed E-state index contributed by atoms with van der Waals surface area (Å²) in [6.45, 7) is 4.37. The van der Waals surface area contributed by atoms with E-state index in [2.05, 4.69) is 44.2 Å². The summed E-state index contributed by atoms with van der Waals surface area (Å²) in [5.74, 6) is 0.501. The van der Waals surface area contributed by atoms with Gasteiger partial charge in [-0.2, -0.15) is 0 Å². The van der Waals surface area contributed by atoms with Gasteiger partial charge in [0.1, 0.15) is 0 Å². The fraction of sp³-hybridized carbons (Fsp3) is 0.176. The first-order chi connectivity index (χ1) is 9.56. The van der Waals surface area contributed by atoms with Gasteiger partial charge in [-0.15, -0.1) is 0 Å². The number of fused-ring (bicyclic) bond motifs is 3. The highest BCUT2D eigenvalue weighted by Gasteiger charge is 2.12. The van der Waals surface area contributed by atoms with E-state index < -0.39 is 7.12 Å². The second-order valence-electron chi connectivity index (χ2n) is 5.56. The summed E-state index contributed by atoms with van der Waals surface area (Å²) < 4.78 is 0. The Bertz CT molecular complexity index is 778. The first-order valence-electron chi connectivity index (χ1n) is 6.89. The maximum Gasteiger partial charge on any atom is 0.488 e. The molecule has 0 aliphatic heterocycles. The second-order valence-corrected chi connectivity index (χ2v) is 5.56. The molecule has 0 spiro atoms. The molecular weight excluding hydrogens is 247 g/mol. The number of hydrogen-bond donors (Lipinski definition) is 2. The fourth-order valence-corrected chi connectivity index (χ4v) is 2.62. The zero-order chi connectivity index (χ0) is 14.3. The summed E-state index contributed by atoms with van der Waals surface area (Å²) in [7, 11) is -1.43. The van der Waals surface area contributed by atoms with Crippen molar-refractivity contribution < 1.29 is 10.0 Å². The van der Waals surface area contributed by atoms with Gasteiger partial charge >= 0.3 is 7.12 Å². The maximum absolute atomic E-state index is 9.33. The monoisotopic (exact) mass is 264 g/mol. The van der Waals surface area contributed by atoms with Crippen LogP contribution in [0.3, 0.4) is 0 Å². The van der Waals surface area contributed by atoms with E-state index in [-0.39, 0.29) is 0 Å². The van der Waals surface area contributed by atoms with Crippen molar-refractivity contribution in [2.75, 3.05) is 0 Å². The van der Waals surface area contributed by atoms with Crippen LogP contribution in [0.4, 0.5) is 0 Å². The Morgan fingerprint density at radius 3 is 2.20 bits per heavy atom. The van der Waals surface area contributed by atoms with Gasteiger partial charge in [0.2, 0.25) is 0 Å². The molecule has 3 rings (SSSR count). The van der Waals surface area contributed by atoms with E-state index in [0.29, 0.717) is 11.4 Å². The van der Waals surface area contributed by atoms with Gasteiger partial charge < -0.3 is 10.0 Å². The second kappa shape index (κ2) is 4.93. The van der Waals surface area contributed by atoms with Crippen molar-refractivity contribution >= 4 is 34.1 Å². The average molecular weight is 264 g/mol. The van der Waals surface area contributed by atoms with Crippen molar-refractivity contribution in [2.24, 2.45) is 0 Å². The zero-order valence-corrected chi connectivity index (χ0v) is 11.7. The quantitative estimate of drug-likeness (QED) is 0.552. The Hall–Kier alpha value is -1.84. The maximum atomic E-state index is 9.33. The summed E-state index contributed by atoms with van der Waals surface area (Å²) in [6, 6.07) is 16.2. The van der Waals surface area contributed by atoms with E-state index in [1.165, 1.54) is 10.9 Å². The largest absolute Gasteiger partial charge is 0.488 e. The topological polar surface area (TPSA) is 40.5 Å². The van der Waals surface area contributed by atoms with Crippen LogP contribution in [-0.4, -0.2) is 17.2 Å². The minimum Gasteiger partial charge on any atom is -0.423 e. The van der Waals surface area contributed by atoms with Crippen molar-refractivity contribution in [3.8, 4) is 0 Å². The molecule has 0 unspecified atom stereocenters. The minimum absolute atomic E-state index is 0.501. The SMILES string of the molecule is CC(C)c1ccc2c(ccc3ccc(B(O)O)cc32)c1. The highest BCUT2D eigenvalue weighted by molar-refractivity contribution is 6.59. The van der Waals surface area contributed by atoms with Crippen molar-refractivity contribution in [2.45, 2.75) is 19.8 Å². The van der Waals surface area contributed by atoms with E-state index in [1.807, 2.05) is 12.1 Å². The summed E-state index contributed by atoms with van der Waals surface area (Å²) >= 11 is 0. The lowest BCUT2D eigenvalue weighted by Crippen LogP contribution is -2.29. The van der Waals surface area contributed by atoms with Crippen molar-refractivity contribution in [3.63, 3.8) is 0 Å². The third-order valence-corrected chi connectivity index (χ3v) is 3.85. The first kappa shape index (κ1) is 13.2. The fourth-order valence-electron chi connectivity index (χ4n) is 2.62. The Labute approximate surface area is 118 Å². The summed E-state index contributed by atoms with van der Waals surface area (Å²) in [4.78, 5) is 0. The van der Waals surface area contributed by atoms with Crippen LogP contribution in [0.1, 0.15) is 25.3 Å². The lowest BCUT2D eigenvalue weighted by atomic mass is 9.79. The average Bonchev–Trinajstić information content (AvgIpc) is 2.45. The van der Waals surface area contributed by atoms with Gasteiger partial charge in [-0.05, 0) is 38.5 Å². The Morgan fingerprint density at radius 2 is 1.50 bits per heavy atom. The van der Waals surface area contributed by atoms with E-state index in [9.17, 15) is 10.0 Å². The van der Waals surface area contributed by atoms with E-state index in [0.717, 1.165) is 16.2 Å². The van der Waals surface area contributed by atoms with Crippen LogP contribution in [0.5, 0.6) is 0 Å². The third kappa shape index (κ3) is 2.19. The van der Waals surface area contributed by atoms with Crippen LogP contribution in [0, 0.1) is 0 Å². The first-order valence-corrected chi connectivity index (χ1v) is 6.89. The summed E-state index contributed by atoms with van der Waals surface area (Å²) in [5, 5.41) is 23.2. The molecule has 3 heteroatoms. The number of hydrogen-bond acceptors (Lipinski definition) is 2. The van der Waals surface area contributed by atoms with E-state index in [1.54, 1.807) is 6.07 Å². The molecule has 0 bridgehead atoms. The molecule has 3 aromatic carbocycles. The molecule has 0 aliphatic carbocycles. The van der Waals surface area contributed by atoms with Crippen LogP contribution in [-0.2, 0) is 0 Å². The Kier molecular flexibility index (Phi) is 3.24. The van der Waals surface area contributed by atoms with Gasteiger partial charge in [0.15, 0.2) is 0 Å². The molecule has 0 aliphatic rings. The zero-order valence-electron chi connectivity index (χ0n) is 11.7. The molecule has 2 nitrogen and oxygen atoms in total. The normalized spacial score (nSPS) is 11.4. The molecule has 0 radical (unpaired) electrons. The van der Waals surface area contributed by atoms with Gasteiger partial charge in [-0.25, -0.2) is 0 Å². The lowest BCUT2D eigenvalue weighted by Gasteiger charge is -2.10. The van der Waals surface area contributed by atoms with Crippen LogP contribution in [0.2, 0.25) is 0 Å². The van der Waals surface area contributed by atoms with Gasteiger partial charge in [-0.1, -0.05) is 62.4 Å². The standard InChI is InChI=1S/C17H17BO2/c1-11(2)13-6-8-16-14(9-13)4-3-12-5-7-15(18(19)20)10-17(12)16/h3-11,19-20H,1-2H3. The Morgan fingerprint density at radius 1 is 0.800 bits per heavy atom. The molecule has 0 heterocycles. The minimum atomic E-state index is -1.43. The smallest absolute Gasteiger partial charge is 0.423 e. The van der Waals surface area contributed by atoms with E-state index >= 15 is 0 Å². The Balaban J connectivity index is 2.30. The van der Waals surface area contributed by atoms with Gasteiger partial charge in [0.25, 0.3) is 0 Å². The van der Waals surface area contributed by atoms with Crippen LogP contribution >= 0.6 is 0 Å². The number of rotatable bonds is 2. The summed E-state index contributed by atoms with van der Waals surface area (Å²) in [6.07, 6.45) is 0. The molecule has 100 valence electrons. The van der Waals surface area contributed by atoms with Crippen molar-refractivity contribution in [1.29, 1.82) is 0 Å². The predicted octanol–water partition coefficient (Wildman–Crippen LogP) is 2.80. The van der Waals surface area contributed by atoms with Crippen molar-refractivity contribution in [3.05, 3.63) is 54.1 Å². The molecule has 20 heavy (non-hydrogen) atoms. The van der Waals surface area contributed by atoms with Gasteiger partial charge in [0.05, 0.1) is 0 Å². The third-order valence-electron chi connectivity index (χ3n) is 3.85. The van der Waals surface area contributed by atoms with Crippen molar-refractivity contribution in [1.82, 2.24) is 0 Å². The molecular formula is C17H17BO2. The van der Waals surface area contributed by atoms with Gasteiger partial charge in [0, 0.05) is 0 Å². The van der Waals surface area contributed by atoms with Crippen LogP contribution < -0.4 is 5.46 Å². The predicted molar refractivity (Wildman–Crippen MR) is 85.4 cm³/mol. The highest BCUT2D eigenvalue weighted by Crippen LogP contribution is 2.27.